The van der Waals surface area contributed by atoms with Crippen molar-refractivity contribution in [2.45, 2.75) is 26.8 Å². The molecule has 1 rings (SSSR count). The summed E-state index contributed by atoms with van der Waals surface area (Å²) in [6, 6.07) is 4.90. The molecular formula is C12H16FN. The van der Waals surface area contributed by atoms with Crippen LogP contribution in [0.4, 0.5) is 4.39 Å². The Bertz CT molecular complexity index is 351. The van der Waals surface area contributed by atoms with Crippen molar-refractivity contribution in [2.75, 3.05) is 0 Å². The summed E-state index contributed by atoms with van der Waals surface area (Å²) < 4.78 is 13.2. The van der Waals surface area contributed by atoms with Gasteiger partial charge in [-0.05, 0) is 38.0 Å². The quantitative estimate of drug-likeness (QED) is 0.717. The third-order valence-electron chi connectivity index (χ3n) is 2.09. The van der Waals surface area contributed by atoms with E-state index in [1.807, 2.05) is 26.0 Å². The fourth-order valence-electron chi connectivity index (χ4n) is 1.27. The summed E-state index contributed by atoms with van der Waals surface area (Å²) in [5.74, 6) is -0.194. The first-order chi connectivity index (χ1) is 6.50. The summed E-state index contributed by atoms with van der Waals surface area (Å²) in [6.45, 7) is 5.69. The van der Waals surface area contributed by atoms with Crippen LogP contribution >= 0.6 is 0 Å². The Morgan fingerprint density at radius 1 is 1.43 bits per heavy atom. The van der Waals surface area contributed by atoms with Gasteiger partial charge in [0.05, 0.1) is 0 Å². The van der Waals surface area contributed by atoms with Gasteiger partial charge < -0.3 is 5.73 Å². The van der Waals surface area contributed by atoms with Gasteiger partial charge in [0.1, 0.15) is 5.82 Å². The van der Waals surface area contributed by atoms with Crippen molar-refractivity contribution in [1.29, 1.82) is 0 Å². The molecule has 14 heavy (non-hydrogen) atoms. The number of nitrogens with two attached hydrogens (primary N) is 1. The van der Waals surface area contributed by atoms with Crippen LogP contribution in [0, 0.1) is 12.7 Å². The zero-order chi connectivity index (χ0) is 10.7. The summed E-state index contributed by atoms with van der Waals surface area (Å²) in [6.07, 6.45) is 1.92. The minimum Gasteiger partial charge on any atom is -0.321 e. The topological polar surface area (TPSA) is 26.0 Å². The molecule has 2 heteroatoms. The normalized spacial score (nSPS) is 12.4. The fraction of sp³-hybridized carbons (Fsp3) is 0.333. The smallest absolute Gasteiger partial charge is 0.126 e. The Morgan fingerprint density at radius 2 is 2.07 bits per heavy atom. The monoisotopic (exact) mass is 193 g/mol. The van der Waals surface area contributed by atoms with E-state index in [2.05, 4.69) is 0 Å². The molecule has 0 aromatic heterocycles. The molecule has 0 aliphatic rings. The van der Waals surface area contributed by atoms with E-state index in [1.54, 1.807) is 13.0 Å². The van der Waals surface area contributed by atoms with Crippen molar-refractivity contribution in [3.05, 3.63) is 46.8 Å². The van der Waals surface area contributed by atoms with E-state index in [0.717, 1.165) is 11.1 Å². The van der Waals surface area contributed by atoms with Crippen LogP contribution in [0.25, 0.3) is 0 Å². The Morgan fingerprint density at radius 3 is 2.57 bits per heavy atom. The lowest BCUT2D eigenvalue weighted by Gasteiger charge is -2.08. The van der Waals surface area contributed by atoms with Crippen LogP contribution in [-0.4, -0.2) is 0 Å². The molecule has 1 atom stereocenters. The lowest BCUT2D eigenvalue weighted by atomic mass is 10.0. The standard InChI is InChI=1S/C12H16FN/c1-8(2)6-12(14)10-5-4-9(3)11(13)7-10/h4-7,12H,14H2,1-3H3. The molecule has 1 unspecified atom stereocenters. The molecule has 0 amide bonds. The maximum Gasteiger partial charge on any atom is 0.126 e. The molecule has 0 heterocycles. The number of benzene rings is 1. The van der Waals surface area contributed by atoms with E-state index >= 15 is 0 Å². The highest BCUT2D eigenvalue weighted by atomic mass is 19.1. The van der Waals surface area contributed by atoms with Gasteiger partial charge in [0.2, 0.25) is 0 Å². The van der Waals surface area contributed by atoms with Crippen molar-refractivity contribution >= 4 is 0 Å². The second kappa shape index (κ2) is 4.38. The van der Waals surface area contributed by atoms with Crippen LogP contribution in [0.2, 0.25) is 0 Å². The predicted octanol–water partition coefficient (Wildman–Crippen LogP) is 3.10. The highest BCUT2D eigenvalue weighted by Crippen LogP contribution is 2.16. The zero-order valence-corrected chi connectivity index (χ0v) is 8.84. The van der Waals surface area contributed by atoms with E-state index in [1.165, 1.54) is 6.07 Å². The molecule has 0 saturated carbocycles. The minimum atomic E-state index is -0.213. The molecule has 0 saturated heterocycles. The van der Waals surface area contributed by atoms with Gasteiger partial charge in [-0.3, -0.25) is 0 Å². The van der Waals surface area contributed by atoms with E-state index in [9.17, 15) is 4.39 Å². The number of rotatable bonds is 2. The van der Waals surface area contributed by atoms with Gasteiger partial charge in [0, 0.05) is 6.04 Å². The van der Waals surface area contributed by atoms with Crippen LogP contribution in [0.3, 0.4) is 0 Å². The third kappa shape index (κ3) is 2.67. The summed E-state index contributed by atoms with van der Waals surface area (Å²) in [4.78, 5) is 0. The molecule has 0 radical (unpaired) electrons. The first-order valence-corrected chi connectivity index (χ1v) is 4.67. The summed E-state index contributed by atoms with van der Waals surface area (Å²) >= 11 is 0. The van der Waals surface area contributed by atoms with E-state index in [4.69, 9.17) is 5.73 Å². The maximum absolute atomic E-state index is 13.2. The van der Waals surface area contributed by atoms with Gasteiger partial charge in [-0.1, -0.05) is 23.8 Å². The highest BCUT2D eigenvalue weighted by molar-refractivity contribution is 5.28. The molecule has 2 N–H and O–H groups in total. The van der Waals surface area contributed by atoms with Gasteiger partial charge in [-0.25, -0.2) is 4.39 Å². The van der Waals surface area contributed by atoms with Crippen LogP contribution in [-0.2, 0) is 0 Å². The molecule has 0 bridgehead atoms. The average Bonchev–Trinajstić information content (AvgIpc) is 2.08. The predicted molar refractivity (Wildman–Crippen MR) is 57.5 cm³/mol. The molecule has 1 aromatic carbocycles. The second-order valence-corrected chi connectivity index (χ2v) is 3.78. The average molecular weight is 193 g/mol. The van der Waals surface area contributed by atoms with Gasteiger partial charge in [-0.15, -0.1) is 0 Å². The Hall–Kier alpha value is -1.15. The highest BCUT2D eigenvalue weighted by Gasteiger charge is 2.05. The number of aryl methyl sites for hydroxylation is 1. The first-order valence-electron chi connectivity index (χ1n) is 4.67. The Balaban J connectivity index is 2.97. The van der Waals surface area contributed by atoms with Crippen molar-refractivity contribution in [3.63, 3.8) is 0 Å². The van der Waals surface area contributed by atoms with Gasteiger partial charge in [0.15, 0.2) is 0 Å². The second-order valence-electron chi connectivity index (χ2n) is 3.78. The molecule has 0 spiro atoms. The lowest BCUT2D eigenvalue weighted by molar-refractivity contribution is 0.614. The van der Waals surface area contributed by atoms with Crippen LogP contribution in [0.5, 0.6) is 0 Å². The van der Waals surface area contributed by atoms with Crippen LogP contribution in [0.15, 0.2) is 29.8 Å². The fourth-order valence-corrected chi connectivity index (χ4v) is 1.27. The number of allylic oxidation sites excluding steroid dienone is 1. The van der Waals surface area contributed by atoms with Crippen molar-refractivity contribution < 1.29 is 4.39 Å². The van der Waals surface area contributed by atoms with Crippen LogP contribution in [0.1, 0.15) is 31.0 Å². The zero-order valence-electron chi connectivity index (χ0n) is 8.84. The first kappa shape index (κ1) is 10.9. The molecule has 0 aliphatic heterocycles. The van der Waals surface area contributed by atoms with Gasteiger partial charge >= 0.3 is 0 Å². The maximum atomic E-state index is 13.2. The summed E-state index contributed by atoms with van der Waals surface area (Å²) in [5.41, 5.74) is 8.47. The minimum absolute atomic E-state index is 0.194. The Labute approximate surface area is 84.4 Å². The van der Waals surface area contributed by atoms with Crippen molar-refractivity contribution in [3.8, 4) is 0 Å². The molecule has 0 fully saturated rings. The van der Waals surface area contributed by atoms with Crippen molar-refractivity contribution in [1.82, 2.24) is 0 Å². The van der Waals surface area contributed by atoms with E-state index in [0.29, 0.717) is 5.56 Å². The largest absolute Gasteiger partial charge is 0.321 e. The van der Waals surface area contributed by atoms with Gasteiger partial charge in [0.25, 0.3) is 0 Å². The number of hydrogen-bond acceptors (Lipinski definition) is 1. The molecule has 1 aromatic rings. The summed E-state index contributed by atoms with van der Waals surface area (Å²) in [5, 5.41) is 0. The van der Waals surface area contributed by atoms with E-state index < -0.39 is 0 Å². The van der Waals surface area contributed by atoms with Gasteiger partial charge in [-0.2, -0.15) is 0 Å². The summed E-state index contributed by atoms with van der Waals surface area (Å²) in [7, 11) is 0. The Kier molecular flexibility index (Phi) is 3.42. The SMILES string of the molecule is CC(C)=CC(N)c1ccc(C)c(F)c1. The van der Waals surface area contributed by atoms with Crippen molar-refractivity contribution in [2.24, 2.45) is 5.73 Å². The lowest BCUT2D eigenvalue weighted by Crippen LogP contribution is -2.08. The van der Waals surface area contributed by atoms with E-state index in [-0.39, 0.29) is 11.9 Å². The van der Waals surface area contributed by atoms with Crippen LogP contribution < -0.4 is 5.73 Å². The number of halogens is 1. The molecule has 1 nitrogen and oxygen atoms in total. The molecular weight excluding hydrogens is 177 g/mol. The third-order valence-corrected chi connectivity index (χ3v) is 2.09. The molecule has 76 valence electrons. The number of hydrogen-bond donors (Lipinski definition) is 1. The molecule has 0 aliphatic carbocycles.